The zero-order valence-electron chi connectivity index (χ0n) is 11.8. The first-order valence-electron chi connectivity index (χ1n) is 6.55. The molecule has 0 amide bonds. The van der Waals surface area contributed by atoms with Crippen LogP contribution >= 0.6 is 22.6 Å². The smallest absolute Gasteiger partial charge is 0.406 e. The Balaban J connectivity index is 1.84. The van der Waals surface area contributed by atoms with Gasteiger partial charge in [-0.05, 0) is 65.1 Å². The summed E-state index contributed by atoms with van der Waals surface area (Å²) in [5, 5.41) is 4.20. The van der Waals surface area contributed by atoms with E-state index in [1.54, 1.807) is 12.1 Å². The van der Waals surface area contributed by atoms with Crippen molar-refractivity contribution in [2.75, 3.05) is 0 Å². The van der Waals surface area contributed by atoms with Crippen molar-refractivity contribution in [3.05, 3.63) is 58.2 Å². The number of ether oxygens (including phenoxy) is 1. The monoisotopic (exact) mass is 449 g/mol. The minimum atomic E-state index is -4.74. The average molecular weight is 449 g/mol. The van der Waals surface area contributed by atoms with Gasteiger partial charge in [-0.1, -0.05) is 0 Å². The molecular weight excluding hydrogens is 441 g/mol. The van der Waals surface area contributed by atoms with Crippen LogP contribution in [0.25, 0.3) is 17.1 Å². The van der Waals surface area contributed by atoms with E-state index in [2.05, 4.69) is 14.8 Å². The Morgan fingerprint density at radius 3 is 2.38 bits per heavy atom. The van der Waals surface area contributed by atoms with E-state index < -0.39 is 6.36 Å². The Labute approximate surface area is 147 Å². The van der Waals surface area contributed by atoms with E-state index in [0.717, 1.165) is 0 Å². The Hall–Kier alpha value is -2.17. The van der Waals surface area contributed by atoms with E-state index in [0.29, 0.717) is 20.6 Å². The number of hydrogen-bond donors (Lipinski definition) is 0. The molecule has 0 fully saturated rings. The predicted octanol–water partition coefficient (Wildman–Crippen LogP) is 4.58. The first-order chi connectivity index (χ1) is 11.3. The minimum Gasteiger partial charge on any atom is -0.406 e. The molecule has 2 aromatic carbocycles. The SMILES string of the molecule is Fc1cc(-c2ncn(-c3ccc(OC(F)(F)F)cc3)n2)ccc1I. The van der Waals surface area contributed by atoms with Crippen molar-refractivity contribution < 1.29 is 22.3 Å². The summed E-state index contributed by atoms with van der Waals surface area (Å²) in [4.78, 5) is 4.09. The topological polar surface area (TPSA) is 39.9 Å². The molecular formula is C15H8F4IN3O. The Bertz CT molecular complexity index is 862. The lowest BCUT2D eigenvalue weighted by Crippen LogP contribution is -2.17. The van der Waals surface area contributed by atoms with Gasteiger partial charge in [0.2, 0.25) is 0 Å². The summed E-state index contributed by atoms with van der Waals surface area (Å²) in [6.45, 7) is 0. The molecule has 124 valence electrons. The van der Waals surface area contributed by atoms with Gasteiger partial charge in [-0.3, -0.25) is 0 Å². The number of alkyl halides is 3. The quantitative estimate of drug-likeness (QED) is 0.435. The third kappa shape index (κ3) is 3.83. The predicted molar refractivity (Wildman–Crippen MR) is 86.2 cm³/mol. The molecule has 3 rings (SSSR count). The fourth-order valence-electron chi connectivity index (χ4n) is 1.96. The van der Waals surface area contributed by atoms with Gasteiger partial charge in [-0.25, -0.2) is 14.1 Å². The summed E-state index contributed by atoms with van der Waals surface area (Å²) in [6, 6.07) is 9.78. The molecule has 4 nitrogen and oxygen atoms in total. The molecule has 0 unspecified atom stereocenters. The summed E-state index contributed by atoms with van der Waals surface area (Å²) in [5.41, 5.74) is 0.998. The van der Waals surface area contributed by atoms with Gasteiger partial charge in [0.05, 0.1) is 5.69 Å². The lowest BCUT2D eigenvalue weighted by Gasteiger charge is -2.09. The van der Waals surface area contributed by atoms with Crippen molar-refractivity contribution in [2.24, 2.45) is 0 Å². The second-order valence-corrected chi connectivity index (χ2v) is 5.85. The summed E-state index contributed by atoms with van der Waals surface area (Å²) >= 11 is 1.87. The van der Waals surface area contributed by atoms with Gasteiger partial charge >= 0.3 is 6.36 Å². The van der Waals surface area contributed by atoms with Crippen LogP contribution in [0.1, 0.15) is 0 Å². The van der Waals surface area contributed by atoms with Gasteiger partial charge in [0, 0.05) is 9.13 Å². The number of hydrogen-bond acceptors (Lipinski definition) is 3. The van der Waals surface area contributed by atoms with Crippen molar-refractivity contribution in [3.63, 3.8) is 0 Å². The zero-order chi connectivity index (χ0) is 17.3. The molecule has 9 heteroatoms. The molecule has 24 heavy (non-hydrogen) atoms. The maximum absolute atomic E-state index is 13.6. The molecule has 1 aromatic heterocycles. The molecule has 1 heterocycles. The van der Waals surface area contributed by atoms with Crippen LogP contribution in [-0.4, -0.2) is 21.1 Å². The lowest BCUT2D eigenvalue weighted by atomic mass is 10.2. The van der Waals surface area contributed by atoms with Crippen molar-refractivity contribution in [3.8, 4) is 22.8 Å². The van der Waals surface area contributed by atoms with Gasteiger partial charge in [0.25, 0.3) is 0 Å². The maximum Gasteiger partial charge on any atom is 0.573 e. The highest BCUT2D eigenvalue weighted by molar-refractivity contribution is 14.1. The second-order valence-electron chi connectivity index (χ2n) is 4.68. The summed E-state index contributed by atoms with van der Waals surface area (Å²) in [7, 11) is 0. The number of nitrogens with zero attached hydrogens (tertiary/aromatic N) is 3. The highest BCUT2D eigenvalue weighted by Gasteiger charge is 2.30. The number of aromatic nitrogens is 3. The van der Waals surface area contributed by atoms with E-state index in [-0.39, 0.29) is 11.6 Å². The van der Waals surface area contributed by atoms with Crippen LogP contribution in [0, 0.1) is 9.39 Å². The summed E-state index contributed by atoms with van der Waals surface area (Å²) < 4.78 is 55.7. The van der Waals surface area contributed by atoms with E-state index in [9.17, 15) is 17.6 Å². The maximum atomic E-state index is 13.6. The minimum absolute atomic E-state index is 0.306. The average Bonchev–Trinajstić information content (AvgIpc) is 2.99. The van der Waals surface area contributed by atoms with Gasteiger partial charge in [-0.15, -0.1) is 18.3 Å². The molecule has 0 saturated heterocycles. The molecule has 0 spiro atoms. The van der Waals surface area contributed by atoms with E-state index in [4.69, 9.17) is 0 Å². The van der Waals surface area contributed by atoms with Gasteiger partial charge in [0.1, 0.15) is 17.9 Å². The first-order valence-corrected chi connectivity index (χ1v) is 7.63. The van der Waals surface area contributed by atoms with Crippen LogP contribution in [0.15, 0.2) is 48.8 Å². The van der Waals surface area contributed by atoms with Crippen LogP contribution < -0.4 is 4.74 Å². The van der Waals surface area contributed by atoms with E-state index in [1.165, 1.54) is 41.3 Å². The van der Waals surface area contributed by atoms with Crippen molar-refractivity contribution in [1.82, 2.24) is 14.8 Å². The van der Waals surface area contributed by atoms with E-state index >= 15 is 0 Å². The molecule has 0 bridgehead atoms. The van der Waals surface area contributed by atoms with Crippen LogP contribution in [-0.2, 0) is 0 Å². The Kier molecular flexibility index (Phi) is 4.43. The molecule has 0 aliphatic carbocycles. The van der Waals surface area contributed by atoms with Crippen LogP contribution in [0.5, 0.6) is 5.75 Å². The molecule has 0 aliphatic rings. The van der Waals surface area contributed by atoms with Crippen LogP contribution in [0.4, 0.5) is 17.6 Å². The van der Waals surface area contributed by atoms with Crippen molar-refractivity contribution in [2.45, 2.75) is 6.36 Å². The first kappa shape index (κ1) is 16.7. The van der Waals surface area contributed by atoms with Crippen molar-refractivity contribution in [1.29, 1.82) is 0 Å². The standard InChI is InChI=1S/C15H8F4IN3O/c16-12-7-9(1-6-13(12)20)14-21-8-23(22-14)10-2-4-11(5-3-10)24-15(17,18)19/h1-8H. The summed E-state index contributed by atoms with van der Waals surface area (Å²) in [5.74, 6) is -0.398. The molecule has 0 atom stereocenters. The van der Waals surface area contributed by atoms with Crippen LogP contribution in [0.2, 0.25) is 0 Å². The highest BCUT2D eigenvalue weighted by atomic mass is 127. The van der Waals surface area contributed by atoms with E-state index in [1.807, 2.05) is 22.6 Å². The molecule has 3 aromatic rings. The zero-order valence-corrected chi connectivity index (χ0v) is 13.9. The second kappa shape index (κ2) is 6.38. The largest absolute Gasteiger partial charge is 0.573 e. The number of benzene rings is 2. The molecule has 0 radical (unpaired) electrons. The fraction of sp³-hybridized carbons (Fsp3) is 0.0667. The lowest BCUT2D eigenvalue weighted by molar-refractivity contribution is -0.274. The third-order valence-corrected chi connectivity index (χ3v) is 3.88. The fourth-order valence-corrected chi connectivity index (χ4v) is 2.29. The molecule has 0 saturated carbocycles. The van der Waals surface area contributed by atoms with Gasteiger partial charge in [0.15, 0.2) is 5.82 Å². The highest BCUT2D eigenvalue weighted by Crippen LogP contribution is 2.24. The van der Waals surface area contributed by atoms with Gasteiger partial charge in [-0.2, -0.15) is 0 Å². The van der Waals surface area contributed by atoms with Crippen LogP contribution in [0.3, 0.4) is 0 Å². The Morgan fingerprint density at radius 2 is 1.75 bits per heavy atom. The number of rotatable bonds is 3. The summed E-state index contributed by atoms with van der Waals surface area (Å²) in [6.07, 6.45) is -3.35. The molecule has 0 aliphatic heterocycles. The third-order valence-electron chi connectivity index (χ3n) is 3.00. The number of halogens is 5. The molecule has 0 N–H and O–H groups in total. The van der Waals surface area contributed by atoms with Gasteiger partial charge < -0.3 is 4.74 Å². The van der Waals surface area contributed by atoms with Crippen molar-refractivity contribution >= 4 is 22.6 Å². The Morgan fingerprint density at radius 1 is 1.04 bits per heavy atom. The normalized spacial score (nSPS) is 11.5.